The van der Waals surface area contributed by atoms with E-state index in [1.807, 2.05) is 0 Å². The second-order valence-corrected chi connectivity index (χ2v) is 32.3. The van der Waals surface area contributed by atoms with E-state index in [4.69, 9.17) is 4.42 Å². The molecule has 1 heteroatoms. The van der Waals surface area contributed by atoms with Crippen LogP contribution in [0.3, 0.4) is 0 Å². The number of furan rings is 1. The van der Waals surface area contributed by atoms with Crippen molar-refractivity contribution in [1.29, 1.82) is 0 Å². The fourth-order valence-corrected chi connectivity index (χ4v) is 20.9. The molecule has 0 fully saturated rings. The van der Waals surface area contributed by atoms with Crippen molar-refractivity contribution < 1.29 is 4.42 Å². The van der Waals surface area contributed by atoms with Gasteiger partial charge in [0.05, 0.1) is 0 Å². The number of hydrogen-bond donors (Lipinski definition) is 0. The van der Waals surface area contributed by atoms with Crippen molar-refractivity contribution in [3.05, 3.63) is 400 Å². The summed E-state index contributed by atoms with van der Waals surface area (Å²) in [6.45, 7) is 0. The molecule has 1 heterocycles. The van der Waals surface area contributed by atoms with Gasteiger partial charge in [-0.25, -0.2) is 0 Å². The third-order valence-corrected chi connectivity index (χ3v) is 26.2. The zero-order chi connectivity index (χ0) is 76.2. The van der Waals surface area contributed by atoms with Gasteiger partial charge in [0.1, 0.15) is 11.2 Å². The molecule has 0 N–H and O–H groups in total. The highest BCUT2D eigenvalue weighted by Crippen LogP contribution is 2.52. The summed E-state index contributed by atoms with van der Waals surface area (Å²) in [5.74, 6) is 0. The van der Waals surface area contributed by atoms with E-state index in [0.717, 1.165) is 44.2 Å². The number of fused-ring (bicyclic) bond motifs is 4. The monoisotopic (exact) mass is 1470 g/mol. The summed E-state index contributed by atoms with van der Waals surface area (Å²) in [7, 11) is 0. The Balaban J connectivity index is 0.614. The summed E-state index contributed by atoms with van der Waals surface area (Å²) in [6, 6.07) is 152. The molecule has 0 spiro atoms. The molecule has 117 heavy (non-hydrogen) atoms. The zero-order valence-electron chi connectivity index (χ0n) is 63.5. The summed E-state index contributed by atoms with van der Waals surface area (Å²) in [5.41, 5.74) is 25.6. The van der Waals surface area contributed by atoms with Crippen LogP contribution in [-0.4, -0.2) is 0 Å². The lowest BCUT2D eigenvalue weighted by Gasteiger charge is -2.20. The van der Waals surface area contributed by atoms with E-state index in [1.54, 1.807) is 0 Å². The maximum Gasteiger partial charge on any atom is 0.135 e. The fourth-order valence-electron chi connectivity index (χ4n) is 20.9. The molecule has 0 atom stereocenters. The number of para-hydroxylation sites is 1. The molecule has 0 unspecified atom stereocenters. The van der Waals surface area contributed by atoms with Gasteiger partial charge >= 0.3 is 0 Å². The van der Waals surface area contributed by atoms with Crippen LogP contribution in [0.2, 0.25) is 0 Å². The molecule has 536 valence electrons. The number of hydrogen-bond acceptors (Lipinski definition) is 1. The summed E-state index contributed by atoms with van der Waals surface area (Å²) < 4.78 is 6.55. The molecule has 26 rings (SSSR count). The predicted octanol–water partition coefficient (Wildman–Crippen LogP) is 33.0. The minimum Gasteiger partial charge on any atom is -0.456 e. The second kappa shape index (κ2) is 24.6. The molecular weight excluding hydrogens is 1410 g/mol. The quantitative estimate of drug-likeness (QED) is 0.124. The van der Waals surface area contributed by atoms with Crippen molar-refractivity contribution >= 4 is 162 Å². The van der Waals surface area contributed by atoms with Gasteiger partial charge < -0.3 is 4.42 Å². The number of rotatable bonds is 10. The van der Waals surface area contributed by atoms with Gasteiger partial charge in [-0.3, -0.25) is 0 Å². The van der Waals surface area contributed by atoms with Crippen LogP contribution in [0.15, 0.2) is 405 Å². The molecule has 0 aliphatic heterocycles. The van der Waals surface area contributed by atoms with Crippen molar-refractivity contribution in [2.24, 2.45) is 0 Å². The first-order valence-corrected chi connectivity index (χ1v) is 40.7. The average Bonchev–Trinajstić information content (AvgIpc) is 1.27. The first-order valence-electron chi connectivity index (χ1n) is 40.7. The van der Waals surface area contributed by atoms with E-state index in [-0.39, 0.29) is 0 Å². The van der Waals surface area contributed by atoms with Gasteiger partial charge in [0.25, 0.3) is 0 Å². The lowest BCUT2D eigenvalue weighted by Crippen LogP contribution is -1.93. The lowest BCUT2D eigenvalue weighted by molar-refractivity contribution is 0.669. The van der Waals surface area contributed by atoms with Crippen LogP contribution in [0, 0.1) is 0 Å². The van der Waals surface area contributed by atoms with Gasteiger partial charge in [0.15, 0.2) is 0 Å². The Morgan fingerprint density at radius 1 is 0.111 bits per heavy atom. The minimum atomic E-state index is 0.877. The highest BCUT2D eigenvalue weighted by atomic mass is 16.3. The lowest BCUT2D eigenvalue weighted by atomic mass is 9.83. The average molecular weight is 1480 g/mol. The zero-order valence-corrected chi connectivity index (χ0v) is 63.5. The Morgan fingerprint density at radius 2 is 0.444 bits per heavy atom. The standard InChI is InChI=1S/C116H66O/c1-2-13-67(14-3-1)90-48-43-79(65-105(90)97-51-37-74-30-28-70-18-11-20-72-39-55-103(97)113(74)110(70)72)88-22-6-7-23-93(88)94-49-36-77-40-54-100-91(47-34-76-41-56-102(94)116(77)115(76)100)84-59-81-32-31-75-35-50-95(101-57-44-82(60-84)111(81)114(75)101)96-52-42-78(64-104(96)80-45-58-108-106(66-80)98-24-8-9-26-107(98)117-108)83-61-85(89-25-12-16-68-15-4-5-21-87(68)89)63-86(62-83)92-46-33-73-29-27-69-17-10-19-71-38-53-99(92)112(73)109(69)71/h1-66H. The van der Waals surface area contributed by atoms with Crippen LogP contribution in [-0.2, 0) is 0 Å². The molecule has 26 aromatic rings. The molecule has 0 saturated heterocycles. The van der Waals surface area contributed by atoms with Crippen LogP contribution < -0.4 is 0 Å². The van der Waals surface area contributed by atoms with Gasteiger partial charge in [-0.15, -0.1) is 0 Å². The highest BCUT2D eigenvalue weighted by molar-refractivity contribution is 6.32. The van der Waals surface area contributed by atoms with Crippen LogP contribution in [0.5, 0.6) is 0 Å². The third-order valence-electron chi connectivity index (χ3n) is 26.2. The van der Waals surface area contributed by atoms with E-state index in [1.165, 1.54) is 229 Å². The molecule has 0 aliphatic rings. The Morgan fingerprint density at radius 3 is 1.05 bits per heavy atom. The van der Waals surface area contributed by atoms with E-state index in [0.29, 0.717) is 0 Å². The third kappa shape index (κ3) is 9.60. The molecule has 0 saturated carbocycles. The molecule has 0 aliphatic carbocycles. The van der Waals surface area contributed by atoms with Gasteiger partial charge in [0, 0.05) is 10.8 Å². The van der Waals surface area contributed by atoms with Crippen molar-refractivity contribution in [1.82, 2.24) is 0 Å². The van der Waals surface area contributed by atoms with Crippen LogP contribution in [0.4, 0.5) is 0 Å². The Kier molecular flexibility index (Phi) is 13.5. The fraction of sp³-hybridized carbons (Fsp3) is 0. The molecule has 1 aromatic heterocycles. The van der Waals surface area contributed by atoms with E-state index >= 15 is 0 Å². The van der Waals surface area contributed by atoms with Crippen LogP contribution in [0.1, 0.15) is 0 Å². The summed E-state index contributed by atoms with van der Waals surface area (Å²) in [4.78, 5) is 0. The van der Waals surface area contributed by atoms with Crippen molar-refractivity contribution in [3.63, 3.8) is 0 Å². The van der Waals surface area contributed by atoms with Crippen LogP contribution in [0.25, 0.3) is 273 Å². The molecule has 0 radical (unpaired) electrons. The predicted molar refractivity (Wildman–Crippen MR) is 500 cm³/mol. The Hall–Kier alpha value is -15.3. The van der Waals surface area contributed by atoms with Crippen LogP contribution >= 0.6 is 0 Å². The minimum absolute atomic E-state index is 0.877. The topological polar surface area (TPSA) is 13.1 Å². The first-order chi connectivity index (χ1) is 58.0. The van der Waals surface area contributed by atoms with E-state index in [2.05, 4.69) is 400 Å². The number of benzene rings is 25. The summed E-state index contributed by atoms with van der Waals surface area (Å²) in [6.07, 6.45) is 0. The Labute approximate surface area is 673 Å². The molecule has 0 bridgehead atoms. The maximum atomic E-state index is 6.55. The van der Waals surface area contributed by atoms with Gasteiger partial charge in [-0.1, -0.05) is 340 Å². The van der Waals surface area contributed by atoms with Gasteiger partial charge in [0.2, 0.25) is 0 Å². The van der Waals surface area contributed by atoms with E-state index in [9.17, 15) is 0 Å². The molecular formula is C116H66O. The van der Waals surface area contributed by atoms with Gasteiger partial charge in [-0.2, -0.15) is 0 Å². The summed E-state index contributed by atoms with van der Waals surface area (Å²) in [5, 5.41) is 35.1. The highest BCUT2D eigenvalue weighted by Gasteiger charge is 2.25. The largest absolute Gasteiger partial charge is 0.456 e. The van der Waals surface area contributed by atoms with Crippen molar-refractivity contribution in [3.8, 4) is 111 Å². The smallest absolute Gasteiger partial charge is 0.135 e. The second-order valence-electron chi connectivity index (χ2n) is 32.3. The molecule has 0 amide bonds. The maximum absolute atomic E-state index is 6.55. The summed E-state index contributed by atoms with van der Waals surface area (Å²) >= 11 is 0. The normalized spacial score (nSPS) is 12.3. The molecule has 25 aromatic carbocycles. The SMILES string of the molecule is c1ccc(-c2ccc(-c3ccccc3-c3ccc4ccc5c(-c6cc7ccc8ccc(-c9ccc(-c%10cc(-c%11cccc%12ccccc%11%12)cc(-c%11ccc%12ccc%13cccc%14ccc%11c%12c%13%14)c%10)cc9-c9ccc%10oc%11ccccc%11c%10c9)c9ccc(c6)c7c89)ccc6ccc3c4c65)cc2-c2ccc3ccc4cccc5ccc2c3c45)cc1. The van der Waals surface area contributed by atoms with Crippen molar-refractivity contribution in [2.75, 3.05) is 0 Å². The van der Waals surface area contributed by atoms with Gasteiger partial charge in [-0.05, 0) is 312 Å². The van der Waals surface area contributed by atoms with Crippen molar-refractivity contribution in [2.45, 2.75) is 0 Å². The Bertz CT molecular complexity index is 8630. The molecule has 1 nitrogen and oxygen atoms in total. The van der Waals surface area contributed by atoms with E-state index < -0.39 is 0 Å². The first kappa shape index (κ1) is 64.3.